The number of hydrogen-bond donors (Lipinski definition) is 0. The van der Waals surface area contributed by atoms with Crippen molar-refractivity contribution in [3.63, 3.8) is 0 Å². The highest BCUT2D eigenvalue weighted by Crippen LogP contribution is 2.40. The molecule has 0 aliphatic heterocycles. The fourth-order valence-electron chi connectivity index (χ4n) is 7.61. The third kappa shape index (κ3) is 5.49. The minimum absolute atomic E-state index is 0.733. The van der Waals surface area contributed by atoms with Gasteiger partial charge in [-0.05, 0) is 114 Å². The Bertz CT molecular complexity index is 3140. The van der Waals surface area contributed by atoms with Gasteiger partial charge in [-0.15, -0.1) is 0 Å². The summed E-state index contributed by atoms with van der Waals surface area (Å²) in [6, 6.07) is 56.5. The van der Waals surface area contributed by atoms with E-state index in [9.17, 15) is 0 Å². The number of rotatable bonds is 6. The zero-order valence-electron chi connectivity index (χ0n) is 29.9. The number of nitrogens with zero attached hydrogens (tertiary/aromatic N) is 6. The molecule has 11 rings (SSSR count). The molecule has 0 saturated carbocycles. The maximum atomic E-state index is 6.33. The molecule has 0 aliphatic rings. The van der Waals surface area contributed by atoms with Gasteiger partial charge in [0.15, 0.2) is 16.9 Å². The Morgan fingerprint density at radius 3 is 1.64 bits per heavy atom. The number of anilines is 3. The average Bonchev–Trinajstić information content (AvgIpc) is 3.66. The largest absolute Gasteiger partial charge is 0.454 e. The molecular weight excluding hydrogens is 689 g/mol. The van der Waals surface area contributed by atoms with Crippen molar-refractivity contribution in [3.8, 4) is 33.8 Å². The van der Waals surface area contributed by atoms with E-state index in [0.29, 0.717) is 0 Å². The van der Waals surface area contributed by atoms with Crippen LogP contribution in [0.25, 0.3) is 88.5 Å². The van der Waals surface area contributed by atoms with Crippen LogP contribution in [0.5, 0.6) is 0 Å². The fourth-order valence-corrected chi connectivity index (χ4v) is 7.61. The van der Waals surface area contributed by atoms with Gasteiger partial charge in [-0.2, -0.15) is 0 Å². The van der Waals surface area contributed by atoms with Gasteiger partial charge in [-0.25, -0.2) is 19.9 Å². The van der Waals surface area contributed by atoms with Crippen LogP contribution in [0.15, 0.2) is 187 Å². The van der Waals surface area contributed by atoms with E-state index in [2.05, 4.69) is 118 Å². The second-order valence-electron chi connectivity index (χ2n) is 13.8. The van der Waals surface area contributed by atoms with Crippen molar-refractivity contribution in [2.24, 2.45) is 0 Å². The van der Waals surface area contributed by atoms with Crippen LogP contribution in [0.4, 0.5) is 17.1 Å². The van der Waals surface area contributed by atoms with E-state index in [1.54, 1.807) is 12.4 Å². The van der Waals surface area contributed by atoms with Crippen LogP contribution in [0, 0.1) is 0 Å². The highest BCUT2D eigenvalue weighted by atomic mass is 16.3. The summed E-state index contributed by atoms with van der Waals surface area (Å²) in [7, 11) is 0. The zero-order chi connectivity index (χ0) is 37.0. The van der Waals surface area contributed by atoms with Crippen LogP contribution < -0.4 is 4.90 Å². The van der Waals surface area contributed by atoms with Crippen molar-refractivity contribution < 1.29 is 4.42 Å². The Kier molecular flexibility index (Phi) is 7.35. The van der Waals surface area contributed by atoms with Gasteiger partial charge < -0.3 is 9.32 Å². The van der Waals surface area contributed by atoms with E-state index in [1.165, 1.54) is 0 Å². The van der Waals surface area contributed by atoms with Crippen molar-refractivity contribution >= 4 is 71.8 Å². The number of fused-ring (bicyclic) bond motifs is 6. The van der Waals surface area contributed by atoms with Crippen molar-refractivity contribution in [2.45, 2.75) is 0 Å². The number of para-hydroxylation sites is 1. The average molecular weight is 719 g/mol. The monoisotopic (exact) mass is 718 g/mol. The summed E-state index contributed by atoms with van der Waals surface area (Å²) in [5, 5.41) is 6.41. The summed E-state index contributed by atoms with van der Waals surface area (Å²) in [4.78, 5) is 25.7. The van der Waals surface area contributed by atoms with Crippen LogP contribution in [0.3, 0.4) is 0 Å². The summed E-state index contributed by atoms with van der Waals surface area (Å²) in [5.74, 6) is 0. The van der Waals surface area contributed by atoms with Gasteiger partial charge in [-0.3, -0.25) is 4.98 Å². The highest BCUT2D eigenvalue weighted by molar-refractivity contribution is 6.09. The van der Waals surface area contributed by atoms with E-state index < -0.39 is 0 Å². The van der Waals surface area contributed by atoms with Gasteiger partial charge in [0.2, 0.25) is 0 Å². The van der Waals surface area contributed by atoms with Gasteiger partial charge in [-0.1, -0.05) is 60.7 Å². The molecule has 0 N–H and O–H groups in total. The Labute approximate surface area is 321 Å². The van der Waals surface area contributed by atoms with Gasteiger partial charge in [0.25, 0.3) is 0 Å². The van der Waals surface area contributed by atoms with Crippen LogP contribution in [-0.4, -0.2) is 24.9 Å². The molecule has 7 heteroatoms. The molecule has 56 heavy (non-hydrogen) atoms. The van der Waals surface area contributed by atoms with Gasteiger partial charge in [0, 0.05) is 73.9 Å². The third-order valence-electron chi connectivity index (χ3n) is 10.4. The molecule has 0 aliphatic carbocycles. The van der Waals surface area contributed by atoms with Crippen LogP contribution >= 0.6 is 0 Å². The molecule has 262 valence electrons. The van der Waals surface area contributed by atoms with Gasteiger partial charge >= 0.3 is 0 Å². The lowest BCUT2D eigenvalue weighted by atomic mass is 10.0. The predicted octanol–water partition coefficient (Wildman–Crippen LogP) is 12.5. The maximum absolute atomic E-state index is 6.33. The first-order valence-electron chi connectivity index (χ1n) is 18.5. The summed E-state index contributed by atoms with van der Waals surface area (Å²) in [6.45, 7) is 0. The Morgan fingerprint density at radius 2 is 0.964 bits per heavy atom. The molecule has 0 amide bonds. The minimum atomic E-state index is 0.733. The van der Waals surface area contributed by atoms with E-state index in [1.807, 2.05) is 66.9 Å². The maximum Gasteiger partial charge on any atom is 0.161 e. The number of benzene rings is 5. The zero-order valence-corrected chi connectivity index (χ0v) is 29.9. The predicted molar refractivity (Wildman–Crippen MR) is 226 cm³/mol. The summed E-state index contributed by atoms with van der Waals surface area (Å²) >= 11 is 0. The van der Waals surface area contributed by atoms with Crippen LogP contribution in [0.1, 0.15) is 0 Å². The molecule has 6 aromatic heterocycles. The van der Waals surface area contributed by atoms with Crippen molar-refractivity contribution in [3.05, 3.63) is 182 Å². The smallest absolute Gasteiger partial charge is 0.161 e. The first-order chi connectivity index (χ1) is 27.7. The SMILES string of the molecule is c1cnc2nc(-c3ccc(N(c4ccc(-c5ccc6cccnc6n5)cc4)c4ccc5cc(-c6nccc7c6oc6ccccc67)ccc5c4)cc3)ccc2c1. The molecule has 0 saturated heterocycles. The fraction of sp³-hybridized carbons (Fsp3) is 0. The molecule has 0 spiro atoms. The number of hydrogen-bond acceptors (Lipinski definition) is 7. The Hall–Kier alpha value is -7.77. The highest BCUT2D eigenvalue weighted by Gasteiger charge is 2.17. The molecule has 0 atom stereocenters. The van der Waals surface area contributed by atoms with Crippen LogP contribution in [-0.2, 0) is 0 Å². The van der Waals surface area contributed by atoms with Crippen molar-refractivity contribution in [1.29, 1.82) is 0 Å². The van der Waals surface area contributed by atoms with E-state index >= 15 is 0 Å². The molecular formula is C49H30N6O. The topological polar surface area (TPSA) is 80.8 Å². The molecule has 5 aromatic carbocycles. The molecule has 0 radical (unpaired) electrons. The Balaban J connectivity index is 0.987. The van der Waals surface area contributed by atoms with Crippen LogP contribution in [0.2, 0.25) is 0 Å². The molecule has 0 unspecified atom stereocenters. The first kappa shape index (κ1) is 31.7. The minimum Gasteiger partial charge on any atom is -0.454 e. The van der Waals surface area contributed by atoms with Gasteiger partial charge in [0.05, 0.1) is 11.4 Å². The normalized spacial score (nSPS) is 11.6. The van der Waals surface area contributed by atoms with Crippen molar-refractivity contribution in [2.75, 3.05) is 4.90 Å². The second kappa shape index (κ2) is 13.0. The number of furan rings is 1. The van der Waals surface area contributed by atoms with E-state index in [0.717, 1.165) is 106 Å². The van der Waals surface area contributed by atoms with Crippen molar-refractivity contribution in [1.82, 2.24) is 24.9 Å². The summed E-state index contributed by atoms with van der Waals surface area (Å²) in [6.07, 6.45) is 5.42. The lowest BCUT2D eigenvalue weighted by molar-refractivity contribution is 0.668. The number of pyridine rings is 5. The number of aromatic nitrogens is 5. The molecule has 0 fully saturated rings. The second-order valence-corrected chi connectivity index (χ2v) is 13.8. The first-order valence-corrected chi connectivity index (χ1v) is 18.5. The standard InChI is InChI=1S/C49H30N6O/c1-2-8-45-41(7-1)42-25-28-50-46(47(42)56-45)37-10-9-36-30-40(22-15-35(36)29-37)55(38-18-11-31(12-19-38)43-23-16-33-5-3-26-51-48(33)53-43)39-20-13-32(14-21-39)44-24-17-34-6-4-27-52-49(34)54-44/h1-30H. The van der Waals surface area contributed by atoms with E-state index in [-0.39, 0.29) is 0 Å². The lowest BCUT2D eigenvalue weighted by Crippen LogP contribution is -2.10. The third-order valence-corrected chi connectivity index (χ3v) is 10.4. The molecule has 6 heterocycles. The lowest BCUT2D eigenvalue weighted by Gasteiger charge is -2.26. The summed E-state index contributed by atoms with van der Waals surface area (Å²) in [5.41, 5.74) is 11.8. The van der Waals surface area contributed by atoms with Gasteiger partial charge in [0.1, 0.15) is 11.3 Å². The molecule has 11 aromatic rings. The van der Waals surface area contributed by atoms with E-state index in [4.69, 9.17) is 19.4 Å². The summed E-state index contributed by atoms with van der Waals surface area (Å²) < 4.78 is 6.33. The molecule has 7 nitrogen and oxygen atoms in total. The quantitative estimate of drug-likeness (QED) is 0.169. The Morgan fingerprint density at radius 1 is 0.393 bits per heavy atom. The molecule has 0 bridgehead atoms.